The Balaban J connectivity index is 1.70. The predicted molar refractivity (Wildman–Crippen MR) is 77.2 cm³/mol. The molecule has 0 radical (unpaired) electrons. The van der Waals surface area contributed by atoms with Crippen LogP contribution in [0, 0.1) is 0 Å². The summed E-state index contributed by atoms with van der Waals surface area (Å²) in [6, 6.07) is 8.72. The van der Waals surface area contributed by atoms with Crippen molar-refractivity contribution < 1.29 is 4.79 Å². The van der Waals surface area contributed by atoms with Crippen LogP contribution in [0.5, 0.6) is 0 Å². The molecule has 1 aromatic rings. The highest BCUT2D eigenvalue weighted by Crippen LogP contribution is 2.22. The number of carbonyl (C=O) groups excluding carboxylic acids is 1. The first-order valence-electron chi connectivity index (χ1n) is 7.44. The van der Waals surface area contributed by atoms with Crippen molar-refractivity contribution in [3.05, 3.63) is 29.8 Å². The summed E-state index contributed by atoms with van der Waals surface area (Å²) in [7, 11) is 0. The Morgan fingerprint density at radius 3 is 2.58 bits per heavy atom. The van der Waals surface area contributed by atoms with Gasteiger partial charge in [0.2, 0.25) is 5.91 Å². The van der Waals surface area contributed by atoms with Crippen LogP contribution in [-0.2, 0) is 11.3 Å². The molecule has 102 valence electrons. The van der Waals surface area contributed by atoms with Crippen LogP contribution in [0.15, 0.2) is 24.3 Å². The van der Waals surface area contributed by atoms with Crippen LogP contribution in [-0.4, -0.2) is 30.4 Å². The minimum atomic E-state index is 0.309. The number of amides is 1. The van der Waals surface area contributed by atoms with Crippen molar-refractivity contribution >= 4 is 11.6 Å². The van der Waals surface area contributed by atoms with Crippen molar-refractivity contribution in [1.82, 2.24) is 4.90 Å². The van der Waals surface area contributed by atoms with Crippen molar-refractivity contribution in [3.8, 4) is 0 Å². The molecule has 2 fully saturated rings. The first-order chi connectivity index (χ1) is 9.33. The minimum Gasteiger partial charge on any atom is -0.372 e. The molecular formula is C16H22N2O. The van der Waals surface area contributed by atoms with Crippen LogP contribution in [0.3, 0.4) is 0 Å². The highest BCUT2D eigenvalue weighted by molar-refractivity contribution is 5.78. The average molecular weight is 258 g/mol. The topological polar surface area (TPSA) is 23.6 Å². The van der Waals surface area contributed by atoms with Gasteiger partial charge in [0.15, 0.2) is 0 Å². The third kappa shape index (κ3) is 2.91. The third-order valence-corrected chi connectivity index (χ3v) is 4.18. The van der Waals surface area contributed by atoms with Gasteiger partial charge < -0.3 is 9.80 Å². The van der Waals surface area contributed by atoms with Gasteiger partial charge in [-0.3, -0.25) is 4.79 Å². The SMILES string of the molecule is O=C1CCCN1Cc1cccc(N2CCCCC2)c1. The molecule has 3 rings (SSSR count). The Morgan fingerprint density at radius 1 is 1.00 bits per heavy atom. The summed E-state index contributed by atoms with van der Waals surface area (Å²) < 4.78 is 0. The van der Waals surface area contributed by atoms with Gasteiger partial charge in [-0.2, -0.15) is 0 Å². The molecule has 0 spiro atoms. The summed E-state index contributed by atoms with van der Waals surface area (Å²) in [5, 5.41) is 0. The third-order valence-electron chi connectivity index (χ3n) is 4.18. The first-order valence-corrected chi connectivity index (χ1v) is 7.44. The lowest BCUT2D eigenvalue weighted by atomic mass is 10.1. The highest BCUT2D eigenvalue weighted by atomic mass is 16.2. The Labute approximate surface area is 115 Å². The first kappa shape index (κ1) is 12.5. The van der Waals surface area contributed by atoms with E-state index in [-0.39, 0.29) is 0 Å². The van der Waals surface area contributed by atoms with Crippen molar-refractivity contribution in [2.75, 3.05) is 24.5 Å². The normalized spacial score (nSPS) is 20.1. The Kier molecular flexibility index (Phi) is 3.72. The Bertz CT molecular complexity index is 452. The van der Waals surface area contributed by atoms with Crippen LogP contribution in [0.2, 0.25) is 0 Å². The molecule has 0 aliphatic carbocycles. The standard InChI is InChI=1S/C16H22N2O/c19-16-8-5-11-18(16)13-14-6-4-7-15(12-14)17-9-2-1-3-10-17/h4,6-7,12H,1-3,5,8-11,13H2. The maximum absolute atomic E-state index is 11.7. The molecule has 19 heavy (non-hydrogen) atoms. The summed E-state index contributed by atoms with van der Waals surface area (Å²) in [4.78, 5) is 16.1. The van der Waals surface area contributed by atoms with Gasteiger partial charge in [0.1, 0.15) is 0 Å². The van der Waals surface area contributed by atoms with E-state index in [2.05, 4.69) is 29.2 Å². The van der Waals surface area contributed by atoms with Crippen LogP contribution in [0.4, 0.5) is 5.69 Å². The maximum atomic E-state index is 11.7. The van der Waals surface area contributed by atoms with E-state index in [4.69, 9.17) is 0 Å². The Morgan fingerprint density at radius 2 is 1.84 bits per heavy atom. The lowest BCUT2D eigenvalue weighted by Gasteiger charge is -2.29. The van der Waals surface area contributed by atoms with Gasteiger partial charge in [-0.25, -0.2) is 0 Å². The van der Waals surface area contributed by atoms with Gasteiger partial charge in [-0.05, 0) is 43.4 Å². The number of hydrogen-bond acceptors (Lipinski definition) is 2. The quantitative estimate of drug-likeness (QED) is 0.832. The van der Waals surface area contributed by atoms with Gasteiger partial charge in [0.05, 0.1) is 0 Å². The summed E-state index contributed by atoms with van der Waals surface area (Å²) in [5.41, 5.74) is 2.59. The molecule has 0 N–H and O–H groups in total. The van der Waals surface area contributed by atoms with E-state index in [1.54, 1.807) is 0 Å². The van der Waals surface area contributed by atoms with E-state index in [1.165, 1.54) is 43.6 Å². The average Bonchev–Trinajstić information content (AvgIpc) is 2.86. The molecular weight excluding hydrogens is 236 g/mol. The van der Waals surface area contributed by atoms with E-state index in [1.807, 2.05) is 4.90 Å². The Hall–Kier alpha value is -1.51. The van der Waals surface area contributed by atoms with Crippen molar-refractivity contribution in [2.24, 2.45) is 0 Å². The van der Waals surface area contributed by atoms with Gasteiger partial charge in [-0.1, -0.05) is 12.1 Å². The zero-order valence-corrected chi connectivity index (χ0v) is 11.5. The van der Waals surface area contributed by atoms with Crippen LogP contribution < -0.4 is 4.90 Å². The molecule has 0 atom stereocenters. The second kappa shape index (κ2) is 5.64. The van der Waals surface area contributed by atoms with Crippen molar-refractivity contribution in [3.63, 3.8) is 0 Å². The lowest BCUT2D eigenvalue weighted by molar-refractivity contribution is -0.128. The fourth-order valence-electron chi connectivity index (χ4n) is 3.10. The predicted octanol–water partition coefficient (Wildman–Crippen LogP) is 2.80. The van der Waals surface area contributed by atoms with Gasteiger partial charge in [-0.15, -0.1) is 0 Å². The van der Waals surface area contributed by atoms with E-state index >= 15 is 0 Å². The van der Waals surface area contributed by atoms with Crippen molar-refractivity contribution in [2.45, 2.75) is 38.6 Å². The largest absolute Gasteiger partial charge is 0.372 e. The van der Waals surface area contributed by atoms with Crippen LogP contribution >= 0.6 is 0 Å². The second-order valence-corrected chi connectivity index (χ2v) is 5.64. The molecule has 0 aromatic heterocycles. The van der Waals surface area contributed by atoms with Gasteiger partial charge in [0.25, 0.3) is 0 Å². The molecule has 1 aromatic carbocycles. The highest BCUT2D eigenvalue weighted by Gasteiger charge is 2.20. The number of carbonyl (C=O) groups is 1. The molecule has 1 amide bonds. The molecule has 2 heterocycles. The summed E-state index contributed by atoms with van der Waals surface area (Å²) in [6.45, 7) is 4.05. The van der Waals surface area contributed by atoms with E-state index in [0.717, 1.165) is 25.9 Å². The number of piperidine rings is 1. The molecule has 2 aliphatic heterocycles. The minimum absolute atomic E-state index is 0.309. The fraction of sp³-hybridized carbons (Fsp3) is 0.562. The number of hydrogen-bond donors (Lipinski definition) is 0. The van der Waals surface area contributed by atoms with E-state index < -0.39 is 0 Å². The zero-order valence-electron chi connectivity index (χ0n) is 11.5. The summed E-state index contributed by atoms with van der Waals surface area (Å²) in [5.74, 6) is 0.309. The number of rotatable bonds is 3. The maximum Gasteiger partial charge on any atom is 0.222 e. The molecule has 0 unspecified atom stereocenters. The number of nitrogens with zero attached hydrogens (tertiary/aromatic N) is 2. The smallest absolute Gasteiger partial charge is 0.222 e. The van der Waals surface area contributed by atoms with E-state index in [9.17, 15) is 4.79 Å². The number of anilines is 1. The number of benzene rings is 1. The van der Waals surface area contributed by atoms with Crippen LogP contribution in [0.1, 0.15) is 37.7 Å². The molecule has 2 saturated heterocycles. The second-order valence-electron chi connectivity index (χ2n) is 5.64. The zero-order chi connectivity index (χ0) is 13.1. The molecule has 3 nitrogen and oxygen atoms in total. The van der Waals surface area contributed by atoms with Crippen LogP contribution in [0.25, 0.3) is 0 Å². The summed E-state index contributed by atoms with van der Waals surface area (Å²) >= 11 is 0. The lowest BCUT2D eigenvalue weighted by Crippen LogP contribution is -2.29. The number of likely N-dealkylation sites (tertiary alicyclic amines) is 1. The fourth-order valence-corrected chi connectivity index (χ4v) is 3.10. The molecule has 0 bridgehead atoms. The molecule has 0 saturated carbocycles. The summed E-state index contributed by atoms with van der Waals surface area (Å²) in [6.07, 6.45) is 5.71. The van der Waals surface area contributed by atoms with Gasteiger partial charge >= 0.3 is 0 Å². The van der Waals surface area contributed by atoms with Crippen molar-refractivity contribution in [1.29, 1.82) is 0 Å². The van der Waals surface area contributed by atoms with E-state index in [0.29, 0.717) is 5.91 Å². The molecule has 3 heteroatoms. The monoisotopic (exact) mass is 258 g/mol. The van der Waals surface area contributed by atoms with Gasteiger partial charge in [0, 0.05) is 38.3 Å². The molecule has 2 aliphatic rings.